The Bertz CT molecular complexity index is 463. The van der Waals surface area contributed by atoms with Crippen LogP contribution in [0.5, 0.6) is 0 Å². The number of rotatable bonds is 3. The van der Waals surface area contributed by atoms with Crippen molar-refractivity contribution in [2.75, 3.05) is 6.61 Å². The number of amides is 1. The standard InChI is InChI=1S/C16H22N2O2/c19-16(17-14-7-2-1-3-8-14)13-6-4-5-12(11-13)15-9-10-20-18-15/h4-6,11,14-15,18H,1-3,7-10H2,(H,17,19)/t15-/m1/s1. The van der Waals surface area contributed by atoms with Gasteiger partial charge in [-0.05, 0) is 37.0 Å². The van der Waals surface area contributed by atoms with Crippen LogP contribution in [0.1, 0.15) is 60.5 Å². The van der Waals surface area contributed by atoms with Crippen LogP contribution in [0, 0.1) is 0 Å². The Kier molecular flexibility index (Phi) is 4.33. The van der Waals surface area contributed by atoms with E-state index in [0.717, 1.165) is 37.0 Å². The summed E-state index contributed by atoms with van der Waals surface area (Å²) in [5.74, 6) is 0.0534. The van der Waals surface area contributed by atoms with Crippen molar-refractivity contribution in [3.8, 4) is 0 Å². The predicted molar refractivity (Wildman–Crippen MR) is 77.2 cm³/mol. The van der Waals surface area contributed by atoms with Gasteiger partial charge in [0.2, 0.25) is 0 Å². The largest absolute Gasteiger partial charge is 0.349 e. The molecule has 1 atom stereocenters. The molecule has 1 heterocycles. The molecule has 2 aliphatic rings. The lowest BCUT2D eigenvalue weighted by Crippen LogP contribution is -2.36. The first-order chi connectivity index (χ1) is 9.83. The SMILES string of the molecule is O=C(NC1CCCCC1)c1cccc([C@H]2CCON2)c1. The molecule has 1 aliphatic carbocycles. The van der Waals surface area contributed by atoms with Crippen molar-refractivity contribution in [3.63, 3.8) is 0 Å². The van der Waals surface area contributed by atoms with E-state index in [2.05, 4.69) is 10.8 Å². The summed E-state index contributed by atoms with van der Waals surface area (Å²) in [6.07, 6.45) is 6.94. The number of carbonyl (C=O) groups is 1. The predicted octanol–water partition coefficient (Wildman–Crippen LogP) is 2.72. The van der Waals surface area contributed by atoms with E-state index < -0.39 is 0 Å². The van der Waals surface area contributed by atoms with Gasteiger partial charge in [0.05, 0.1) is 12.6 Å². The van der Waals surface area contributed by atoms with E-state index in [1.165, 1.54) is 19.3 Å². The number of hydroxylamine groups is 1. The normalized spacial score (nSPS) is 23.7. The Morgan fingerprint density at radius 1 is 1.20 bits per heavy atom. The second kappa shape index (κ2) is 6.37. The molecule has 4 heteroatoms. The van der Waals surface area contributed by atoms with Crippen LogP contribution in [0.4, 0.5) is 0 Å². The highest BCUT2D eigenvalue weighted by Gasteiger charge is 2.20. The second-order valence-corrected chi connectivity index (χ2v) is 5.74. The van der Waals surface area contributed by atoms with E-state index in [-0.39, 0.29) is 11.9 Å². The third-order valence-corrected chi connectivity index (χ3v) is 4.23. The van der Waals surface area contributed by atoms with Crippen LogP contribution in [0.2, 0.25) is 0 Å². The Balaban J connectivity index is 1.66. The van der Waals surface area contributed by atoms with Crippen molar-refractivity contribution in [2.24, 2.45) is 0 Å². The molecule has 1 aromatic carbocycles. The summed E-state index contributed by atoms with van der Waals surface area (Å²) in [6.45, 7) is 0.725. The van der Waals surface area contributed by atoms with E-state index in [1.54, 1.807) is 0 Å². The minimum Gasteiger partial charge on any atom is -0.349 e. The van der Waals surface area contributed by atoms with Gasteiger partial charge in [-0.1, -0.05) is 31.4 Å². The highest BCUT2D eigenvalue weighted by Crippen LogP contribution is 2.22. The summed E-state index contributed by atoms with van der Waals surface area (Å²) in [6, 6.07) is 8.42. The fourth-order valence-corrected chi connectivity index (χ4v) is 3.04. The van der Waals surface area contributed by atoms with Gasteiger partial charge in [-0.15, -0.1) is 0 Å². The number of benzene rings is 1. The van der Waals surface area contributed by atoms with Crippen molar-refractivity contribution in [1.29, 1.82) is 0 Å². The maximum atomic E-state index is 12.3. The fourth-order valence-electron chi connectivity index (χ4n) is 3.04. The van der Waals surface area contributed by atoms with Crippen molar-refractivity contribution < 1.29 is 9.63 Å². The molecule has 4 nitrogen and oxygen atoms in total. The van der Waals surface area contributed by atoms with Gasteiger partial charge in [0.1, 0.15) is 0 Å². The first-order valence-corrected chi connectivity index (χ1v) is 7.61. The summed E-state index contributed by atoms with van der Waals surface area (Å²) >= 11 is 0. The number of hydrogen-bond donors (Lipinski definition) is 2. The van der Waals surface area contributed by atoms with Crippen LogP contribution >= 0.6 is 0 Å². The first-order valence-electron chi connectivity index (χ1n) is 7.61. The molecular weight excluding hydrogens is 252 g/mol. The van der Waals surface area contributed by atoms with Gasteiger partial charge < -0.3 is 10.2 Å². The Morgan fingerprint density at radius 3 is 2.80 bits per heavy atom. The number of nitrogens with one attached hydrogen (secondary N) is 2. The van der Waals surface area contributed by atoms with Crippen LogP contribution in [-0.2, 0) is 4.84 Å². The molecule has 0 unspecified atom stereocenters. The molecule has 1 saturated heterocycles. The lowest BCUT2D eigenvalue weighted by atomic mass is 9.95. The molecule has 2 fully saturated rings. The highest BCUT2D eigenvalue weighted by molar-refractivity contribution is 5.94. The highest BCUT2D eigenvalue weighted by atomic mass is 16.7. The van der Waals surface area contributed by atoms with Crippen LogP contribution in [0.3, 0.4) is 0 Å². The molecule has 108 valence electrons. The first kappa shape index (κ1) is 13.6. The zero-order valence-corrected chi connectivity index (χ0v) is 11.7. The average Bonchev–Trinajstić information content (AvgIpc) is 3.03. The molecule has 0 aromatic heterocycles. The van der Waals surface area contributed by atoms with E-state index in [4.69, 9.17) is 4.84 Å². The average molecular weight is 274 g/mol. The van der Waals surface area contributed by atoms with Crippen LogP contribution in [0.15, 0.2) is 24.3 Å². The quantitative estimate of drug-likeness (QED) is 0.891. The second-order valence-electron chi connectivity index (χ2n) is 5.74. The third-order valence-electron chi connectivity index (χ3n) is 4.23. The molecule has 1 saturated carbocycles. The molecule has 0 bridgehead atoms. The minimum absolute atomic E-state index is 0.0534. The van der Waals surface area contributed by atoms with E-state index in [1.807, 2.05) is 24.3 Å². The summed E-state index contributed by atoms with van der Waals surface area (Å²) in [5, 5.41) is 3.16. The zero-order valence-electron chi connectivity index (χ0n) is 11.7. The monoisotopic (exact) mass is 274 g/mol. The van der Waals surface area contributed by atoms with Crippen LogP contribution in [0.25, 0.3) is 0 Å². The maximum absolute atomic E-state index is 12.3. The lowest BCUT2D eigenvalue weighted by molar-refractivity contribution is 0.0880. The lowest BCUT2D eigenvalue weighted by Gasteiger charge is -2.23. The molecule has 1 aliphatic heterocycles. The Morgan fingerprint density at radius 2 is 2.05 bits per heavy atom. The molecule has 0 radical (unpaired) electrons. The van der Waals surface area contributed by atoms with E-state index in [9.17, 15) is 4.79 Å². The van der Waals surface area contributed by atoms with Gasteiger partial charge in [0.25, 0.3) is 5.91 Å². The van der Waals surface area contributed by atoms with Gasteiger partial charge in [-0.25, -0.2) is 0 Å². The summed E-state index contributed by atoms with van der Waals surface area (Å²) in [7, 11) is 0. The van der Waals surface area contributed by atoms with Gasteiger partial charge in [0.15, 0.2) is 0 Å². The summed E-state index contributed by atoms with van der Waals surface area (Å²) < 4.78 is 0. The summed E-state index contributed by atoms with van der Waals surface area (Å²) in [4.78, 5) is 17.5. The van der Waals surface area contributed by atoms with Crippen molar-refractivity contribution in [3.05, 3.63) is 35.4 Å². The smallest absolute Gasteiger partial charge is 0.251 e. The fraction of sp³-hybridized carbons (Fsp3) is 0.562. The molecule has 3 rings (SSSR count). The van der Waals surface area contributed by atoms with E-state index in [0.29, 0.717) is 6.04 Å². The molecule has 1 aromatic rings. The van der Waals surface area contributed by atoms with Crippen LogP contribution < -0.4 is 10.8 Å². The van der Waals surface area contributed by atoms with Crippen molar-refractivity contribution in [1.82, 2.24) is 10.8 Å². The Hall–Kier alpha value is -1.39. The molecular formula is C16H22N2O2. The van der Waals surface area contributed by atoms with Gasteiger partial charge >= 0.3 is 0 Å². The molecule has 1 amide bonds. The molecule has 20 heavy (non-hydrogen) atoms. The van der Waals surface area contributed by atoms with Crippen molar-refractivity contribution >= 4 is 5.91 Å². The molecule has 2 N–H and O–H groups in total. The number of hydrogen-bond acceptors (Lipinski definition) is 3. The Labute approximate surface area is 119 Å². The van der Waals surface area contributed by atoms with Crippen LogP contribution in [-0.4, -0.2) is 18.6 Å². The van der Waals surface area contributed by atoms with Gasteiger partial charge in [-0.2, -0.15) is 5.48 Å². The summed E-state index contributed by atoms with van der Waals surface area (Å²) in [5.41, 5.74) is 4.86. The number of carbonyl (C=O) groups excluding carboxylic acids is 1. The third kappa shape index (κ3) is 3.19. The topological polar surface area (TPSA) is 50.4 Å². The van der Waals surface area contributed by atoms with Gasteiger partial charge in [-0.3, -0.25) is 4.79 Å². The van der Waals surface area contributed by atoms with E-state index >= 15 is 0 Å². The van der Waals surface area contributed by atoms with Gasteiger partial charge in [0, 0.05) is 11.6 Å². The minimum atomic E-state index is 0.0534. The zero-order chi connectivity index (χ0) is 13.8. The maximum Gasteiger partial charge on any atom is 0.251 e. The van der Waals surface area contributed by atoms with Crippen molar-refractivity contribution in [2.45, 2.75) is 50.6 Å². The molecule has 0 spiro atoms.